The van der Waals surface area contributed by atoms with E-state index in [1.807, 2.05) is 19.1 Å². The van der Waals surface area contributed by atoms with Crippen LogP contribution in [0.3, 0.4) is 0 Å². The number of rotatable bonds is 6. The van der Waals surface area contributed by atoms with Crippen LogP contribution in [0.5, 0.6) is 11.5 Å². The van der Waals surface area contributed by atoms with Crippen LogP contribution in [0.1, 0.15) is 29.2 Å². The van der Waals surface area contributed by atoms with Gasteiger partial charge in [0.1, 0.15) is 18.2 Å². The molecule has 1 N–H and O–H groups in total. The zero-order chi connectivity index (χ0) is 25.2. The van der Waals surface area contributed by atoms with E-state index in [4.69, 9.17) is 15.9 Å². The molecular weight excluding hydrogens is 463 g/mol. The fourth-order valence-corrected chi connectivity index (χ4v) is 4.26. The standard InChI is InChI=1S/C26H21FN6O3/c1-4-11-36-21-10-7-17(12-22(21)35-3)19-13-23(34)30-25-24(19)15(2)32-33(25)26-29-20(14-28-31-26)16-5-8-18(27)9-6-16/h1,5-10,12,14,19H,11,13H2,2-3H3,(H,30,34). The summed E-state index contributed by atoms with van der Waals surface area (Å²) in [5.74, 6) is 3.30. The maximum absolute atomic E-state index is 13.4. The van der Waals surface area contributed by atoms with Crippen molar-refractivity contribution in [1.82, 2.24) is 25.0 Å². The Balaban J connectivity index is 1.56. The van der Waals surface area contributed by atoms with Crippen LogP contribution in [0.25, 0.3) is 17.2 Å². The van der Waals surface area contributed by atoms with E-state index in [-0.39, 0.29) is 36.6 Å². The second-order valence-corrected chi connectivity index (χ2v) is 8.12. The molecule has 5 rings (SSSR count). The summed E-state index contributed by atoms with van der Waals surface area (Å²) in [5.41, 5.74) is 3.57. The molecule has 2 aromatic carbocycles. The monoisotopic (exact) mass is 484 g/mol. The molecule has 2 aromatic heterocycles. The highest BCUT2D eigenvalue weighted by molar-refractivity contribution is 5.95. The minimum atomic E-state index is -0.348. The normalized spacial score (nSPS) is 14.5. The lowest BCUT2D eigenvalue weighted by atomic mass is 9.85. The number of anilines is 1. The number of hydrogen-bond acceptors (Lipinski definition) is 7. The molecule has 1 atom stereocenters. The second-order valence-electron chi connectivity index (χ2n) is 8.12. The van der Waals surface area contributed by atoms with E-state index in [9.17, 15) is 9.18 Å². The maximum atomic E-state index is 13.4. The summed E-state index contributed by atoms with van der Waals surface area (Å²) < 4.78 is 25.9. The van der Waals surface area contributed by atoms with Crippen LogP contribution < -0.4 is 14.8 Å². The molecule has 9 nitrogen and oxygen atoms in total. The summed E-state index contributed by atoms with van der Waals surface area (Å²) in [5, 5.41) is 15.7. The third-order valence-corrected chi connectivity index (χ3v) is 5.88. The van der Waals surface area contributed by atoms with Crippen LogP contribution in [0.15, 0.2) is 48.7 Å². The zero-order valence-corrected chi connectivity index (χ0v) is 19.5. The summed E-state index contributed by atoms with van der Waals surface area (Å²) in [6, 6.07) is 11.4. The highest BCUT2D eigenvalue weighted by atomic mass is 19.1. The Morgan fingerprint density at radius 1 is 1.22 bits per heavy atom. The average Bonchev–Trinajstić information content (AvgIpc) is 3.23. The highest BCUT2D eigenvalue weighted by Crippen LogP contribution is 2.42. The van der Waals surface area contributed by atoms with Gasteiger partial charge in [-0.3, -0.25) is 4.79 Å². The van der Waals surface area contributed by atoms with E-state index in [0.717, 1.165) is 11.1 Å². The first kappa shape index (κ1) is 23.0. The van der Waals surface area contributed by atoms with Gasteiger partial charge in [0.25, 0.3) is 5.95 Å². The zero-order valence-electron chi connectivity index (χ0n) is 19.5. The number of carbonyl (C=O) groups excluding carboxylic acids is 1. The number of nitrogens with zero attached hydrogens (tertiary/aromatic N) is 5. The molecule has 0 fully saturated rings. The maximum Gasteiger partial charge on any atom is 0.272 e. The van der Waals surface area contributed by atoms with Crippen LogP contribution in [0.4, 0.5) is 10.2 Å². The summed E-state index contributed by atoms with van der Waals surface area (Å²) >= 11 is 0. The van der Waals surface area contributed by atoms with Gasteiger partial charge >= 0.3 is 0 Å². The number of ether oxygens (including phenoxy) is 2. The Hall–Kier alpha value is -4.78. The van der Waals surface area contributed by atoms with Crippen molar-refractivity contribution >= 4 is 11.7 Å². The number of nitrogens with one attached hydrogen (secondary N) is 1. The van der Waals surface area contributed by atoms with Crippen LogP contribution >= 0.6 is 0 Å². The number of benzene rings is 2. The SMILES string of the molecule is C#CCOc1ccc(C2CC(=O)Nc3c2c(C)nn3-c2nncc(-c3ccc(F)cc3)n2)cc1OC. The molecule has 36 heavy (non-hydrogen) atoms. The number of carbonyl (C=O) groups is 1. The Morgan fingerprint density at radius 3 is 2.78 bits per heavy atom. The minimum absolute atomic E-state index is 0.114. The summed E-state index contributed by atoms with van der Waals surface area (Å²) in [4.78, 5) is 17.3. The van der Waals surface area contributed by atoms with Gasteiger partial charge < -0.3 is 14.8 Å². The molecule has 10 heteroatoms. The molecule has 1 aliphatic rings. The Bertz CT molecular complexity index is 1490. The van der Waals surface area contributed by atoms with Crippen LogP contribution in [0, 0.1) is 25.1 Å². The largest absolute Gasteiger partial charge is 0.493 e. The second kappa shape index (κ2) is 9.46. The molecular formula is C26H21FN6O3. The summed E-state index contributed by atoms with van der Waals surface area (Å²) in [7, 11) is 1.54. The van der Waals surface area contributed by atoms with E-state index < -0.39 is 0 Å². The van der Waals surface area contributed by atoms with E-state index in [1.54, 1.807) is 25.3 Å². The number of terminal acetylenes is 1. The van der Waals surface area contributed by atoms with Gasteiger partial charge in [-0.05, 0) is 48.9 Å². The average molecular weight is 484 g/mol. The summed E-state index contributed by atoms with van der Waals surface area (Å²) in [6.45, 7) is 1.97. The Morgan fingerprint density at radius 2 is 2.03 bits per heavy atom. The molecule has 0 aliphatic carbocycles. The molecule has 180 valence electrons. The fourth-order valence-electron chi connectivity index (χ4n) is 4.26. The quantitative estimate of drug-likeness (QED) is 0.417. The molecule has 0 saturated heterocycles. The Kier molecular flexibility index (Phi) is 6.04. The molecule has 0 saturated carbocycles. The molecule has 3 heterocycles. The van der Waals surface area contributed by atoms with E-state index in [0.29, 0.717) is 34.3 Å². The van der Waals surface area contributed by atoms with E-state index >= 15 is 0 Å². The molecule has 4 aromatic rings. The Labute approximate surface area is 206 Å². The van der Waals surface area contributed by atoms with Crippen molar-refractivity contribution in [3.05, 3.63) is 71.3 Å². The van der Waals surface area contributed by atoms with Crippen molar-refractivity contribution in [2.75, 3.05) is 19.0 Å². The number of aromatic nitrogens is 5. The molecule has 1 unspecified atom stereocenters. The lowest BCUT2D eigenvalue weighted by molar-refractivity contribution is -0.116. The number of halogens is 1. The molecule has 1 amide bonds. The van der Waals surface area contributed by atoms with E-state index in [1.165, 1.54) is 23.0 Å². The third-order valence-electron chi connectivity index (χ3n) is 5.88. The van der Waals surface area contributed by atoms with Crippen molar-refractivity contribution in [1.29, 1.82) is 0 Å². The van der Waals surface area contributed by atoms with Gasteiger partial charge in [-0.2, -0.15) is 14.9 Å². The van der Waals surface area contributed by atoms with Gasteiger partial charge in [0.15, 0.2) is 11.5 Å². The first-order chi connectivity index (χ1) is 17.5. The third kappa shape index (κ3) is 4.22. The van der Waals surface area contributed by atoms with Crippen molar-refractivity contribution < 1.29 is 18.7 Å². The molecule has 1 aliphatic heterocycles. The number of amides is 1. The molecule has 0 spiro atoms. The predicted molar refractivity (Wildman–Crippen MR) is 129 cm³/mol. The van der Waals surface area contributed by atoms with Gasteiger partial charge in [0.05, 0.1) is 24.7 Å². The van der Waals surface area contributed by atoms with Gasteiger partial charge in [-0.15, -0.1) is 11.5 Å². The summed E-state index contributed by atoms with van der Waals surface area (Å²) in [6.07, 6.45) is 7.01. The van der Waals surface area contributed by atoms with Crippen molar-refractivity contribution in [2.45, 2.75) is 19.3 Å². The lowest BCUT2D eigenvalue weighted by Gasteiger charge is -2.24. The first-order valence-electron chi connectivity index (χ1n) is 11.1. The number of hydrogen-bond donors (Lipinski definition) is 1. The van der Waals surface area contributed by atoms with Crippen LogP contribution in [0.2, 0.25) is 0 Å². The minimum Gasteiger partial charge on any atom is -0.493 e. The van der Waals surface area contributed by atoms with Gasteiger partial charge in [-0.1, -0.05) is 12.0 Å². The first-order valence-corrected chi connectivity index (χ1v) is 11.1. The van der Waals surface area contributed by atoms with Gasteiger partial charge in [0, 0.05) is 23.5 Å². The van der Waals surface area contributed by atoms with Gasteiger partial charge in [0.2, 0.25) is 5.91 Å². The number of aryl methyl sites for hydroxylation is 1. The van der Waals surface area contributed by atoms with Crippen molar-refractivity contribution in [2.24, 2.45) is 0 Å². The predicted octanol–water partition coefficient (Wildman–Crippen LogP) is 3.67. The van der Waals surface area contributed by atoms with Crippen molar-refractivity contribution in [3.8, 4) is 41.0 Å². The van der Waals surface area contributed by atoms with Crippen LogP contribution in [-0.2, 0) is 4.79 Å². The fraction of sp³-hybridized carbons (Fsp3) is 0.192. The topological polar surface area (TPSA) is 104 Å². The van der Waals surface area contributed by atoms with E-state index in [2.05, 4.69) is 31.5 Å². The van der Waals surface area contributed by atoms with Crippen molar-refractivity contribution in [3.63, 3.8) is 0 Å². The highest BCUT2D eigenvalue weighted by Gasteiger charge is 2.33. The molecule has 0 radical (unpaired) electrons. The molecule has 0 bridgehead atoms. The lowest BCUT2D eigenvalue weighted by Crippen LogP contribution is -2.25. The van der Waals surface area contributed by atoms with Gasteiger partial charge in [-0.25, -0.2) is 9.37 Å². The number of methoxy groups -OCH3 is 1. The smallest absolute Gasteiger partial charge is 0.272 e. The number of fused-ring (bicyclic) bond motifs is 1. The van der Waals surface area contributed by atoms with Crippen LogP contribution in [-0.4, -0.2) is 44.6 Å².